The fraction of sp³-hybridized carbons (Fsp3) is 0.379. The van der Waals surface area contributed by atoms with Crippen LogP contribution in [0.5, 0.6) is 0 Å². The molecule has 2 amide bonds. The van der Waals surface area contributed by atoms with E-state index in [1.807, 2.05) is 74.6 Å². The predicted molar refractivity (Wildman–Crippen MR) is 143 cm³/mol. The minimum atomic E-state index is -0.397. The zero-order valence-electron chi connectivity index (χ0n) is 21.0. The van der Waals surface area contributed by atoms with Crippen molar-refractivity contribution in [2.75, 3.05) is 26.7 Å². The Labute approximate surface area is 208 Å². The summed E-state index contributed by atoms with van der Waals surface area (Å²) in [5.41, 5.74) is 7.69. The Kier molecular flexibility index (Phi) is 9.82. The van der Waals surface area contributed by atoms with Crippen LogP contribution < -0.4 is 16.4 Å². The average Bonchev–Trinajstić information content (AvgIpc) is 2.89. The highest BCUT2D eigenvalue weighted by Gasteiger charge is 2.25. The maximum atomic E-state index is 13.3. The van der Waals surface area contributed by atoms with Crippen LogP contribution in [0.15, 0.2) is 72.8 Å². The highest BCUT2D eigenvalue weighted by atomic mass is 16.2. The first-order valence-electron chi connectivity index (χ1n) is 12.5. The van der Waals surface area contributed by atoms with Gasteiger partial charge in [-0.1, -0.05) is 67.6 Å². The van der Waals surface area contributed by atoms with Crippen molar-refractivity contribution in [2.45, 2.75) is 44.7 Å². The van der Waals surface area contributed by atoms with Gasteiger partial charge in [-0.3, -0.25) is 9.59 Å². The molecule has 0 aliphatic heterocycles. The quantitative estimate of drug-likeness (QED) is 0.371. The SMILES string of the molecule is CCC(CN(C)C(=O)[C@H](CCN)NC(C)CNC(=O)c1ccc2ccccc2c1)c1ccccc1. The third-order valence-corrected chi connectivity index (χ3v) is 6.45. The molecule has 3 rings (SSSR count). The van der Waals surface area contributed by atoms with E-state index in [0.717, 1.165) is 17.2 Å². The van der Waals surface area contributed by atoms with E-state index in [2.05, 4.69) is 29.7 Å². The molecular formula is C29H38N4O2. The molecule has 0 heterocycles. The first-order chi connectivity index (χ1) is 16.9. The molecule has 35 heavy (non-hydrogen) atoms. The van der Waals surface area contributed by atoms with Crippen LogP contribution in [0.3, 0.4) is 0 Å². The van der Waals surface area contributed by atoms with Crippen molar-refractivity contribution in [3.8, 4) is 0 Å². The normalized spacial score (nSPS) is 13.7. The number of nitrogens with zero attached hydrogens (tertiary/aromatic N) is 1. The Balaban J connectivity index is 1.55. The molecule has 186 valence electrons. The molecule has 0 saturated carbocycles. The Hall–Kier alpha value is -3.22. The van der Waals surface area contributed by atoms with Gasteiger partial charge in [0, 0.05) is 37.7 Å². The number of hydrogen-bond donors (Lipinski definition) is 3. The molecule has 0 aliphatic carbocycles. The number of rotatable bonds is 12. The molecule has 0 fully saturated rings. The summed E-state index contributed by atoms with van der Waals surface area (Å²) in [7, 11) is 1.85. The fourth-order valence-electron chi connectivity index (χ4n) is 4.41. The molecule has 0 radical (unpaired) electrons. The molecule has 6 heteroatoms. The average molecular weight is 475 g/mol. The summed E-state index contributed by atoms with van der Waals surface area (Å²) in [4.78, 5) is 27.8. The highest BCUT2D eigenvalue weighted by molar-refractivity contribution is 5.98. The summed E-state index contributed by atoms with van der Waals surface area (Å²) >= 11 is 0. The van der Waals surface area contributed by atoms with Crippen molar-refractivity contribution < 1.29 is 9.59 Å². The second kappa shape index (κ2) is 13.0. The van der Waals surface area contributed by atoms with Crippen molar-refractivity contribution in [3.05, 3.63) is 83.9 Å². The monoisotopic (exact) mass is 474 g/mol. The van der Waals surface area contributed by atoms with Crippen LogP contribution in [0.2, 0.25) is 0 Å². The lowest BCUT2D eigenvalue weighted by Gasteiger charge is -2.29. The lowest BCUT2D eigenvalue weighted by Crippen LogP contribution is -2.52. The third kappa shape index (κ3) is 7.38. The van der Waals surface area contributed by atoms with Crippen molar-refractivity contribution in [2.24, 2.45) is 5.73 Å². The summed E-state index contributed by atoms with van der Waals surface area (Å²) in [5.74, 6) is 0.178. The maximum absolute atomic E-state index is 13.3. The van der Waals surface area contributed by atoms with Crippen LogP contribution in [0.25, 0.3) is 10.8 Å². The minimum absolute atomic E-state index is 0.0255. The van der Waals surface area contributed by atoms with Gasteiger partial charge >= 0.3 is 0 Å². The summed E-state index contributed by atoms with van der Waals surface area (Å²) in [6.07, 6.45) is 1.49. The van der Waals surface area contributed by atoms with Gasteiger partial charge in [-0.15, -0.1) is 0 Å². The van der Waals surface area contributed by atoms with Gasteiger partial charge in [0.25, 0.3) is 5.91 Å². The van der Waals surface area contributed by atoms with Gasteiger partial charge in [0.1, 0.15) is 0 Å². The van der Waals surface area contributed by atoms with Gasteiger partial charge < -0.3 is 21.3 Å². The smallest absolute Gasteiger partial charge is 0.251 e. The summed E-state index contributed by atoms with van der Waals surface area (Å²) in [5, 5.41) is 8.50. The first-order valence-corrected chi connectivity index (χ1v) is 12.5. The van der Waals surface area contributed by atoms with Gasteiger partial charge in [-0.2, -0.15) is 0 Å². The van der Waals surface area contributed by atoms with Crippen molar-refractivity contribution in [3.63, 3.8) is 0 Å². The van der Waals surface area contributed by atoms with E-state index < -0.39 is 6.04 Å². The molecule has 0 aliphatic rings. The van der Waals surface area contributed by atoms with Crippen LogP contribution in [-0.4, -0.2) is 55.5 Å². The molecule has 0 bridgehead atoms. The maximum Gasteiger partial charge on any atom is 0.251 e. The number of nitrogens with one attached hydrogen (secondary N) is 2. The molecular weight excluding hydrogens is 436 g/mol. The number of benzene rings is 3. The van der Waals surface area contributed by atoms with E-state index >= 15 is 0 Å². The number of amides is 2. The number of carbonyl (C=O) groups is 2. The van der Waals surface area contributed by atoms with Crippen LogP contribution in [0, 0.1) is 0 Å². The standard InChI is InChI=1S/C29H38N4O2/c1-4-22(23-10-6-5-7-11-23)20-33(3)29(35)27(16-17-30)32-21(2)19-31-28(34)26-15-14-24-12-8-9-13-25(24)18-26/h5-15,18,21-22,27,32H,4,16-17,19-20,30H2,1-3H3,(H,31,34)/t21?,22?,27-/m0/s1. The van der Waals surface area contributed by atoms with E-state index in [1.54, 1.807) is 4.90 Å². The Morgan fingerprint density at radius 3 is 2.34 bits per heavy atom. The second-order valence-electron chi connectivity index (χ2n) is 9.20. The number of carbonyl (C=O) groups excluding carboxylic acids is 2. The molecule has 0 aromatic heterocycles. The van der Waals surface area contributed by atoms with E-state index in [-0.39, 0.29) is 23.8 Å². The molecule has 6 nitrogen and oxygen atoms in total. The Morgan fingerprint density at radius 1 is 0.971 bits per heavy atom. The van der Waals surface area contributed by atoms with Crippen molar-refractivity contribution >= 4 is 22.6 Å². The summed E-state index contributed by atoms with van der Waals surface area (Å²) in [6.45, 7) is 5.58. The van der Waals surface area contributed by atoms with Gasteiger partial charge in [0.05, 0.1) is 6.04 Å². The fourth-order valence-corrected chi connectivity index (χ4v) is 4.41. The zero-order valence-corrected chi connectivity index (χ0v) is 21.0. The number of nitrogens with two attached hydrogens (primary N) is 1. The minimum Gasteiger partial charge on any atom is -0.350 e. The van der Waals surface area contributed by atoms with Gasteiger partial charge in [0.2, 0.25) is 5.91 Å². The molecule has 3 aromatic carbocycles. The van der Waals surface area contributed by atoms with Crippen molar-refractivity contribution in [1.82, 2.24) is 15.5 Å². The summed E-state index contributed by atoms with van der Waals surface area (Å²) in [6, 6.07) is 23.5. The third-order valence-electron chi connectivity index (χ3n) is 6.45. The van der Waals surface area contributed by atoms with Gasteiger partial charge in [-0.25, -0.2) is 0 Å². The van der Waals surface area contributed by atoms with Crippen LogP contribution in [-0.2, 0) is 4.79 Å². The van der Waals surface area contributed by atoms with Gasteiger partial charge in [0.15, 0.2) is 0 Å². The zero-order chi connectivity index (χ0) is 25.2. The first kappa shape index (κ1) is 26.4. The van der Waals surface area contributed by atoms with E-state index in [0.29, 0.717) is 31.6 Å². The highest BCUT2D eigenvalue weighted by Crippen LogP contribution is 2.20. The lowest BCUT2D eigenvalue weighted by molar-refractivity contribution is -0.132. The second-order valence-corrected chi connectivity index (χ2v) is 9.20. The largest absolute Gasteiger partial charge is 0.350 e. The molecule has 3 atom stereocenters. The molecule has 0 saturated heterocycles. The molecule has 3 aromatic rings. The lowest BCUT2D eigenvalue weighted by atomic mass is 9.96. The number of hydrogen-bond acceptors (Lipinski definition) is 4. The Morgan fingerprint density at radius 2 is 1.66 bits per heavy atom. The van der Waals surface area contributed by atoms with E-state index in [4.69, 9.17) is 5.73 Å². The van der Waals surface area contributed by atoms with Crippen LogP contribution in [0.4, 0.5) is 0 Å². The van der Waals surface area contributed by atoms with Gasteiger partial charge in [-0.05, 0) is 54.8 Å². The Bertz CT molecular complexity index is 1100. The summed E-state index contributed by atoms with van der Waals surface area (Å²) < 4.78 is 0. The molecule has 4 N–H and O–H groups in total. The van der Waals surface area contributed by atoms with E-state index in [9.17, 15) is 9.59 Å². The van der Waals surface area contributed by atoms with Crippen LogP contribution >= 0.6 is 0 Å². The predicted octanol–water partition coefficient (Wildman–Crippen LogP) is 3.92. The molecule has 0 spiro atoms. The topological polar surface area (TPSA) is 87.5 Å². The number of likely N-dealkylation sites (N-methyl/N-ethyl adjacent to an activating group) is 1. The molecule has 2 unspecified atom stereocenters. The van der Waals surface area contributed by atoms with Crippen LogP contribution in [0.1, 0.15) is 48.5 Å². The van der Waals surface area contributed by atoms with E-state index in [1.165, 1.54) is 5.56 Å². The number of fused-ring (bicyclic) bond motifs is 1. The van der Waals surface area contributed by atoms with Crippen molar-refractivity contribution in [1.29, 1.82) is 0 Å².